The lowest BCUT2D eigenvalue weighted by atomic mass is 9.88. The third-order valence-corrected chi connectivity index (χ3v) is 6.72. The number of hydrogen-bond donors (Lipinski definition) is 1. The third kappa shape index (κ3) is 4.24. The van der Waals surface area contributed by atoms with E-state index < -0.39 is 17.3 Å². The Morgan fingerprint density at radius 2 is 1.91 bits per heavy atom. The molecular weight excluding hydrogens is 463 g/mol. The molecule has 0 radical (unpaired) electrons. The molecule has 0 aromatic heterocycles. The molecule has 2 aliphatic rings. The van der Waals surface area contributed by atoms with Gasteiger partial charge in [0.2, 0.25) is 0 Å². The molecule has 1 amide bonds. The van der Waals surface area contributed by atoms with Gasteiger partial charge in [-0.1, -0.05) is 18.2 Å². The van der Waals surface area contributed by atoms with Crippen molar-refractivity contribution in [2.75, 3.05) is 20.1 Å². The average molecular weight is 490 g/mol. The highest BCUT2D eigenvalue weighted by molar-refractivity contribution is 7.80. The molecule has 0 unspecified atom stereocenters. The van der Waals surface area contributed by atoms with E-state index in [2.05, 4.69) is 5.32 Å². The van der Waals surface area contributed by atoms with Gasteiger partial charge in [0.1, 0.15) is 11.4 Å². The van der Waals surface area contributed by atoms with Gasteiger partial charge in [-0.05, 0) is 62.8 Å². The zero-order chi connectivity index (χ0) is 24.8. The summed E-state index contributed by atoms with van der Waals surface area (Å²) in [6, 6.07) is 10.6. The number of hydrogen-bond acceptors (Lipinski definition) is 3. The minimum atomic E-state index is -4.53. The van der Waals surface area contributed by atoms with Gasteiger partial charge < -0.3 is 19.9 Å². The highest BCUT2D eigenvalue weighted by Crippen LogP contribution is 2.46. The first kappa shape index (κ1) is 24.1. The van der Waals surface area contributed by atoms with Crippen molar-refractivity contribution in [3.8, 4) is 5.75 Å². The second-order valence-corrected chi connectivity index (χ2v) is 9.26. The molecule has 2 aromatic carbocycles. The summed E-state index contributed by atoms with van der Waals surface area (Å²) in [6.07, 6.45) is -4.53. The molecule has 0 atom stereocenters. The molecule has 0 saturated carbocycles. The molecule has 34 heavy (non-hydrogen) atoms. The molecule has 1 N–H and O–H groups in total. The van der Waals surface area contributed by atoms with Crippen LogP contribution in [0.1, 0.15) is 47.8 Å². The first-order valence-corrected chi connectivity index (χ1v) is 11.4. The summed E-state index contributed by atoms with van der Waals surface area (Å²) in [5.74, 6) is 0.0474. The lowest BCUT2D eigenvalue weighted by molar-refractivity contribution is -0.137. The molecule has 0 saturated heterocycles. The van der Waals surface area contributed by atoms with Crippen molar-refractivity contribution in [3.63, 3.8) is 0 Å². The van der Waals surface area contributed by atoms with E-state index in [4.69, 9.17) is 17.0 Å². The van der Waals surface area contributed by atoms with E-state index in [1.807, 2.05) is 44.9 Å². The van der Waals surface area contributed by atoms with Gasteiger partial charge >= 0.3 is 6.18 Å². The molecular formula is C25H26F3N3O2S. The number of benzene rings is 2. The van der Waals surface area contributed by atoms with Crippen LogP contribution in [0.15, 0.2) is 48.0 Å². The largest absolute Gasteiger partial charge is 0.483 e. The van der Waals surface area contributed by atoms with Gasteiger partial charge in [-0.3, -0.25) is 4.79 Å². The quantitative estimate of drug-likeness (QED) is 0.608. The van der Waals surface area contributed by atoms with Crippen molar-refractivity contribution >= 4 is 28.9 Å². The molecule has 0 bridgehead atoms. The number of rotatable bonds is 4. The van der Waals surface area contributed by atoms with Crippen LogP contribution in [0.5, 0.6) is 5.75 Å². The van der Waals surface area contributed by atoms with Gasteiger partial charge in [-0.25, -0.2) is 0 Å². The Kier molecular flexibility index (Phi) is 6.10. The number of amides is 1. The Balaban J connectivity index is 1.88. The van der Waals surface area contributed by atoms with Gasteiger partial charge in [0.15, 0.2) is 5.11 Å². The summed E-state index contributed by atoms with van der Waals surface area (Å²) in [5.41, 5.74) is 0.976. The van der Waals surface area contributed by atoms with Gasteiger partial charge in [-0.2, -0.15) is 13.2 Å². The predicted molar refractivity (Wildman–Crippen MR) is 128 cm³/mol. The summed E-state index contributed by atoms with van der Waals surface area (Å²) in [5, 5.41) is 3.68. The van der Waals surface area contributed by atoms with Crippen LogP contribution in [0.25, 0.3) is 5.70 Å². The van der Waals surface area contributed by atoms with Gasteiger partial charge in [0, 0.05) is 36.8 Å². The van der Waals surface area contributed by atoms with Crippen molar-refractivity contribution < 1.29 is 22.7 Å². The van der Waals surface area contributed by atoms with Crippen molar-refractivity contribution in [1.82, 2.24) is 15.1 Å². The maximum Gasteiger partial charge on any atom is 0.416 e. The van der Waals surface area contributed by atoms with Gasteiger partial charge in [-0.15, -0.1) is 0 Å². The minimum absolute atomic E-state index is 0.210. The fourth-order valence-corrected chi connectivity index (χ4v) is 4.45. The Morgan fingerprint density at radius 3 is 2.56 bits per heavy atom. The topological polar surface area (TPSA) is 44.8 Å². The number of nitrogens with one attached hydrogen (secondary N) is 1. The molecule has 0 aliphatic carbocycles. The summed E-state index contributed by atoms with van der Waals surface area (Å²) in [4.78, 5) is 16.8. The molecule has 4 rings (SSSR count). The number of carbonyl (C=O) groups is 1. The summed E-state index contributed by atoms with van der Waals surface area (Å²) in [7, 11) is 1.85. The second-order valence-electron chi connectivity index (χ2n) is 8.87. The first-order valence-electron chi connectivity index (χ1n) is 11.0. The number of halogens is 3. The highest BCUT2D eigenvalue weighted by atomic mass is 32.1. The Bertz CT molecular complexity index is 1190. The molecule has 2 aliphatic heterocycles. The van der Waals surface area contributed by atoms with E-state index >= 15 is 0 Å². The van der Waals surface area contributed by atoms with Crippen LogP contribution >= 0.6 is 12.2 Å². The number of alkyl halides is 3. The van der Waals surface area contributed by atoms with E-state index in [1.54, 1.807) is 17.0 Å². The Labute approximate surface area is 202 Å². The summed E-state index contributed by atoms with van der Waals surface area (Å²) < 4.78 is 47.0. The van der Waals surface area contributed by atoms with E-state index in [9.17, 15) is 18.0 Å². The van der Waals surface area contributed by atoms with Crippen molar-refractivity contribution in [2.45, 2.75) is 39.1 Å². The number of fused-ring (bicyclic) bond motifs is 2. The van der Waals surface area contributed by atoms with Crippen LogP contribution in [-0.2, 0) is 12.7 Å². The fourth-order valence-electron chi connectivity index (χ4n) is 4.25. The predicted octanol–water partition coefficient (Wildman–Crippen LogP) is 5.07. The summed E-state index contributed by atoms with van der Waals surface area (Å²) >= 11 is 5.44. The lowest BCUT2D eigenvalue weighted by Gasteiger charge is -2.40. The standard InChI is InChI=1S/C25H26F3N3O2S/c1-5-30(4)23(34)29-13-19-21(31-14-15-8-6-7-9-17(15)22(31)32)18-12-16(25(26,27)28)10-11-20(18)33-24(19,2)3/h6-12H,5,13-14H2,1-4H3,(H,29,34). The number of nitrogens with zero attached hydrogens (tertiary/aromatic N) is 2. The van der Waals surface area contributed by atoms with Crippen molar-refractivity contribution in [3.05, 3.63) is 70.3 Å². The Morgan fingerprint density at radius 1 is 1.21 bits per heavy atom. The van der Waals surface area contributed by atoms with Crippen LogP contribution in [0.3, 0.4) is 0 Å². The van der Waals surface area contributed by atoms with Crippen molar-refractivity contribution in [1.29, 1.82) is 0 Å². The van der Waals surface area contributed by atoms with Crippen LogP contribution in [0.2, 0.25) is 0 Å². The molecule has 2 heterocycles. The molecule has 2 aromatic rings. The molecule has 180 valence electrons. The average Bonchev–Trinajstić information content (AvgIpc) is 3.11. The maximum atomic E-state index is 13.6. The monoisotopic (exact) mass is 489 g/mol. The van der Waals surface area contributed by atoms with Crippen LogP contribution in [0, 0.1) is 0 Å². The zero-order valence-corrected chi connectivity index (χ0v) is 20.2. The molecule has 0 spiro atoms. The van der Waals surface area contributed by atoms with Gasteiger partial charge in [0.25, 0.3) is 5.91 Å². The number of carbonyl (C=O) groups excluding carboxylic acids is 1. The van der Waals surface area contributed by atoms with Crippen LogP contribution < -0.4 is 10.1 Å². The van der Waals surface area contributed by atoms with E-state index in [0.29, 0.717) is 34.2 Å². The smallest absolute Gasteiger partial charge is 0.416 e. The van der Waals surface area contributed by atoms with Gasteiger partial charge in [0.05, 0.1) is 17.8 Å². The number of thiocarbonyl (C=S) groups is 1. The maximum absolute atomic E-state index is 13.6. The SMILES string of the molecule is CCN(C)C(=S)NCC1=C(N2Cc3ccccc3C2=O)c2cc(C(F)(F)F)ccc2OC1(C)C. The number of ether oxygens (including phenoxy) is 1. The molecule has 0 fully saturated rings. The molecule has 9 heteroatoms. The highest BCUT2D eigenvalue weighted by Gasteiger charge is 2.42. The van der Waals surface area contributed by atoms with Crippen LogP contribution in [-0.4, -0.2) is 46.6 Å². The van der Waals surface area contributed by atoms with Crippen molar-refractivity contribution in [2.24, 2.45) is 0 Å². The fraction of sp³-hybridized carbons (Fsp3) is 0.360. The normalized spacial score (nSPS) is 16.7. The zero-order valence-electron chi connectivity index (χ0n) is 19.4. The minimum Gasteiger partial charge on any atom is -0.483 e. The second kappa shape index (κ2) is 8.61. The van der Waals surface area contributed by atoms with Crippen LogP contribution in [0.4, 0.5) is 13.2 Å². The van der Waals surface area contributed by atoms with E-state index in [-0.39, 0.29) is 24.6 Å². The Hall–Kier alpha value is -3.07. The molecule has 5 nitrogen and oxygen atoms in total. The third-order valence-electron chi connectivity index (χ3n) is 6.27. The summed E-state index contributed by atoms with van der Waals surface area (Å²) in [6.45, 7) is 6.80. The first-order chi connectivity index (χ1) is 15.9. The van der Waals surface area contributed by atoms with E-state index in [0.717, 1.165) is 17.7 Å². The van der Waals surface area contributed by atoms with E-state index in [1.165, 1.54) is 6.07 Å². The lowest BCUT2D eigenvalue weighted by Crippen LogP contribution is -2.45.